The van der Waals surface area contributed by atoms with Gasteiger partial charge in [-0.05, 0) is 31.0 Å². The molecule has 0 saturated heterocycles. The largest absolute Gasteiger partial charge is 0.324 e. The lowest BCUT2D eigenvalue weighted by molar-refractivity contribution is 0.505. The molecular weight excluding hydrogens is 272 g/mol. The number of aryl methyl sites for hydroxylation is 2. The Morgan fingerprint density at radius 1 is 1.37 bits per heavy atom. The number of nitrogens with zero attached hydrogens (tertiary/aromatic N) is 2. The minimum Gasteiger partial charge on any atom is -0.324 e. The summed E-state index contributed by atoms with van der Waals surface area (Å²) in [6.45, 7) is 1.83. The average Bonchev–Trinajstić information content (AvgIpc) is 2.59. The van der Waals surface area contributed by atoms with Gasteiger partial charge in [0.15, 0.2) is 11.6 Å². The molecule has 1 aromatic carbocycles. The van der Waals surface area contributed by atoms with Gasteiger partial charge in [-0.3, -0.25) is 4.68 Å². The van der Waals surface area contributed by atoms with Crippen molar-refractivity contribution in [3.63, 3.8) is 0 Å². The summed E-state index contributed by atoms with van der Waals surface area (Å²) in [5.74, 6) is -1.78. The van der Waals surface area contributed by atoms with E-state index in [1.54, 1.807) is 11.7 Å². The molecule has 0 fully saturated rings. The van der Waals surface area contributed by atoms with Gasteiger partial charge < -0.3 is 5.73 Å². The molecule has 0 aliphatic carbocycles. The van der Waals surface area contributed by atoms with Crippen LogP contribution in [-0.4, -0.2) is 9.78 Å². The molecule has 0 spiro atoms. The van der Waals surface area contributed by atoms with Crippen molar-refractivity contribution in [1.29, 1.82) is 0 Å². The zero-order valence-corrected chi connectivity index (χ0v) is 11.4. The van der Waals surface area contributed by atoms with Crippen molar-refractivity contribution in [3.05, 3.63) is 51.8 Å². The molecule has 0 bridgehead atoms. The fourth-order valence-corrected chi connectivity index (χ4v) is 2.24. The summed E-state index contributed by atoms with van der Waals surface area (Å²) < 4.78 is 27.6. The van der Waals surface area contributed by atoms with Gasteiger partial charge in [0.2, 0.25) is 0 Å². The van der Waals surface area contributed by atoms with E-state index in [0.717, 1.165) is 23.4 Å². The molecule has 3 nitrogen and oxygen atoms in total. The highest BCUT2D eigenvalue weighted by atomic mass is 35.5. The third kappa shape index (κ3) is 2.77. The summed E-state index contributed by atoms with van der Waals surface area (Å²) in [5.41, 5.74) is 8.14. The number of hydrogen-bond donors (Lipinski definition) is 1. The Morgan fingerprint density at radius 3 is 2.58 bits per heavy atom. The quantitative estimate of drug-likeness (QED) is 0.942. The summed E-state index contributed by atoms with van der Waals surface area (Å²) >= 11 is 6.11. The molecule has 0 radical (unpaired) electrons. The van der Waals surface area contributed by atoms with Gasteiger partial charge in [-0.25, -0.2) is 8.78 Å². The van der Waals surface area contributed by atoms with Crippen LogP contribution in [0.4, 0.5) is 8.78 Å². The van der Waals surface area contributed by atoms with Crippen LogP contribution in [0.2, 0.25) is 5.15 Å². The minimum absolute atomic E-state index is 0.420. The average molecular weight is 286 g/mol. The van der Waals surface area contributed by atoms with Crippen LogP contribution in [0, 0.1) is 18.6 Å². The Bertz CT molecular complexity index is 610. The molecule has 1 unspecified atom stereocenters. The first-order chi connectivity index (χ1) is 8.90. The second-order valence-electron chi connectivity index (χ2n) is 4.46. The maximum Gasteiger partial charge on any atom is 0.159 e. The molecule has 0 aliphatic rings. The second kappa shape index (κ2) is 5.27. The molecule has 2 aromatic rings. The molecular formula is C13H14ClF2N3. The van der Waals surface area contributed by atoms with Crippen LogP contribution < -0.4 is 5.73 Å². The van der Waals surface area contributed by atoms with Gasteiger partial charge in [0.25, 0.3) is 0 Å². The minimum atomic E-state index is -0.901. The number of rotatable bonds is 3. The summed E-state index contributed by atoms with van der Waals surface area (Å²) in [6, 6.07) is 3.19. The van der Waals surface area contributed by atoms with Gasteiger partial charge in [0.1, 0.15) is 5.15 Å². The molecule has 102 valence electrons. The summed E-state index contributed by atoms with van der Waals surface area (Å²) in [6.07, 6.45) is 0.420. The van der Waals surface area contributed by atoms with Crippen molar-refractivity contribution >= 4 is 11.6 Å². The predicted octanol–water partition coefficient (Wildman–Crippen LogP) is 2.90. The maximum absolute atomic E-state index is 13.2. The molecule has 1 heterocycles. The van der Waals surface area contributed by atoms with Crippen molar-refractivity contribution in [2.75, 3.05) is 0 Å². The number of halogens is 3. The monoisotopic (exact) mass is 285 g/mol. The van der Waals surface area contributed by atoms with Gasteiger partial charge in [-0.15, -0.1) is 0 Å². The first kappa shape index (κ1) is 14.0. The van der Waals surface area contributed by atoms with Gasteiger partial charge in [0, 0.05) is 18.7 Å². The van der Waals surface area contributed by atoms with E-state index in [9.17, 15) is 8.78 Å². The standard InChI is InChI=1S/C13H14ClF2N3/c1-7-9(13(14)19(2)18-7)6-12(17)8-3-4-10(15)11(16)5-8/h3-5,12H,6,17H2,1-2H3. The Kier molecular flexibility index (Phi) is 3.87. The highest BCUT2D eigenvalue weighted by Crippen LogP contribution is 2.25. The van der Waals surface area contributed by atoms with Crippen LogP contribution in [0.3, 0.4) is 0 Å². The van der Waals surface area contributed by atoms with E-state index in [1.165, 1.54) is 6.07 Å². The number of nitrogens with two attached hydrogens (primary N) is 1. The van der Waals surface area contributed by atoms with E-state index < -0.39 is 17.7 Å². The number of benzene rings is 1. The van der Waals surface area contributed by atoms with E-state index in [1.807, 2.05) is 6.92 Å². The SMILES string of the molecule is Cc1nn(C)c(Cl)c1CC(N)c1ccc(F)c(F)c1. The van der Waals surface area contributed by atoms with Gasteiger partial charge in [-0.2, -0.15) is 5.10 Å². The van der Waals surface area contributed by atoms with Crippen molar-refractivity contribution in [1.82, 2.24) is 9.78 Å². The molecule has 2 rings (SSSR count). The molecule has 1 aromatic heterocycles. The van der Waals surface area contributed by atoms with Gasteiger partial charge in [0.05, 0.1) is 5.69 Å². The van der Waals surface area contributed by atoms with Crippen LogP contribution in [-0.2, 0) is 13.5 Å². The fraction of sp³-hybridized carbons (Fsp3) is 0.308. The maximum atomic E-state index is 13.2. The summed E-state index contributed by atoms with van der Waals surface area (Å²) in [7, 11) is 1.74. The lowest BCUT2D eigenvalue weighted by Gasteiger charge is -2.12. The van der Waals surface area contributed by atoms with Crippen molar-refractivity contribution < 1.29 is 8.78 Å². The predicted molar refractivity (Wildman–Crippen MR) is 69.9 cm³/mol. The Hall–Kier alpha value is -1.46. The van der Waals surface area contributed by atoms with Crippen molar-refractivity contribution in [3.8, 4) is 0 Å². The zero-order chi connectivity index (χ0) is 14.2. The lowest BCUT2D eigenvalue weighted by Crippen LogP contribution is -2.14. The van der Waals surface area contributed by atoms with Crippen LogP contribution >= 0.6 is 11.6 Å². The van der Waals surface area contributed by atoms with Crippen molar-refractivity contribution in [2.45, 2.75) is 19.4 Å². The van der Waals surface area contributed by atoms with E-state index in [-0.39, 0.29) is 0 Å². The van der Waals surface area contributed by atoms with Crippen LogP contribution in [0.15, 0.2) is 18.2 Å². The molecule has 0 saturated carbocycles. The topological polar surface area (TPSA) is 43.8 Å². The highest BCUT2D eigenvalue weighted by Gasteiger charge is 2.17. The van der Waals surface area contributed by atoms with E-state index in [2.05, 4.69) is 5.10 Å². The Balaban J connectivity index is 2.25. The Morgan fingerprint density at radius 2 is 2.05 bits per heavy atom. The third-order valence-electron chi connectivity index (χ3n) is 3.07. The summed E-state index contributed by atoms with van der Waals surface area (Å²) in [4.78, 5) is 0. The van der Waals surface area contributed by atoms with Gasteiger partial charge >= 0.3 is 0 Å². The molecule has 2 N–H and O–H groups in total. The smallest absolute Gasteiger partial charge is 0.159 e. The van der Waals surface area contributed by atoms with Crippen molar-refractivity contribution in [2.24, 2.45) is 12.8 Å². The molecule has 1 atom stereocenters. The van der Waals surface area contributed by atoms with E-state index >= 15 is 0 Å². The molecule has 19 heavy (non-hydrogen) atoms. The van der Waals surface area contributed by atoms with E-state index in [0.29, 0.717) is 17.1 Å². The molecule has 0 amide bonds. The highest BCUT2D eigenvalue weighted by molar-refractivity contribution is 6.30. The second-order valence-corrected chi connectivity index (χ2v) is 4.82. The molecule has 0 aliphatic heterocycles. The number of aromatic nitrogens is 2. The van der Waals surface area contributed by atoms with Crippen LogP contribution in [0.25, 0.3) is 0 Å². The summed E-state index contributed by atoms with van der Waals surface area (Å²) in [5, 5.41) is 4.69. The Labute approximate surface area is 115 Å². The zero-order valence-electron chi connectivity index (χ0n) is 10.6. The third-order valence-corrected chi connectivity index (χ3v) is 3.54. The first-order valence-corrected chi connectivity index (χ1v) is 6.16. The van der Waals surface area contributed by atoms with Gasteiger partial charge in [-0.1, -0.05) is 17.7 Å². The van der Waals surface area contributed by atoms with Crippen LogP contribution in [0.5, 0.6) is 0 Å². The van der Waals surface area contributed by atoms with E-state index in [4.69, 9.17) is 17.3 Å². The first-order valence-electron chi connectivity index (χ1n) is 5.78. The normalized spacial score (nSPS) is 12.7. The molecule has 6 heteroatoms. The number of hydrogen-bond acceptors (Lipinski definition) is 2. The van der Waals surface area contributed by atoms with Crippen LogP contribution in [0.1, 0.15) is 22.9 Å². The lowest BCUT2D eigenvalue weighted by atomic mass is 10.00. The fourth-order valence-electron chi connectivity index (χ4n) is 1.99.